The Morgan fingerprint density at radius 1 is 1.36 bits per heavy atom. The zero-order valence-electron chi connectivity index (χ0n) is 5.08. The number of carbonyl (C=O) groups excluding carboxylic acids is 1. The number of amides is 1. The maximum absolute atomic E-state index is 9.83. The van der Waals surface area contributed by atoms with E-state index in [1.54, 1.807) is 0 Å². The van der Waals surface area contributed by atoms with Crippen LogP contribution in [0.15, 0.2) is 15.4 Å². The van der Waals surface area contributed by atoms with Crippen LogP contribution in [0.1, 0.15) is 0 Å². The average Bonchev–Trinajstić information content (AvgIpc) is 2.15. The third-order valence-electron chi connectivity index (χ3n) is 0.363. The third kappa shape index (κ3) is 12.9. The van der Waals surface area contributed by atoms with Crippen molar-refractivity contribution in [2.75, 3.05) is 0 Å². The van der Waals surface area contributed by atoms with Crippen molar-refractivity contribution >= 4 is 38.1 Å². The summed E-state index contributed by atoms with van der Waals surface area (Å²) in [4.78, 5) is 35.3. The molecular weight excluding hydrogens is 188 g/mol. The van der Waals surface area contributed by atoms with Crippen LogP contribution in [0.2, 0.25) is 0 Å². The van der Waals surface area contributed by atoms with Gasteiger partial charge in [-0.3, -0.25) is 4.79 Å². The molecule has 1 aliphatic rings. The molecule has 0 N–H and O–H groups in total. The number of rotatable bonds is 0. The minimum Gasteiger partial charge on any atom is -0.854 e. The van der Waals surface area contributed by atoms with Crippen LogP contribution in [0.3, 0.4) is 0 Å². The number of hydrogen-bond acceptors (Lipinski definition) is 6. The Bertz CT molecular complexity index is 154. The van der Waals surface area contributed by atoms with E-state index in [2.05, 4.69) is 15.4 Å². The Morgan fingerprint density at radius 3 is 1.91 bits per heavy atom. The Kier molecular flexibility index (Phi) is 9.59. The number of carbonyl (C=O) groups is 1. The van der Waals surface area contributed by atoms with Crippen molar-refractivity contribution in [3.05, 3.63) is 0 Å². The molecule has 0 aromatic heterocycles. The van der Waals surface area contributed by atoms with E-state index >= 15 is 0 Å². The van der Waals surface area contributed by atoms with Crippen molar-refractivity contribution in [2.24, 2.45) is 15.4 Å². The van der Waals surface area contributed by atoms with E-state index in [1.807, 2.05) is 0 Å². The van der Waals surface area contributed by atoms with Gasteiger partial charge in [0, 0.05) is 0 Å². The first-order valence-electron chi connectivity index (χ1n) is 1.92. The summed E-state index contributed by atoms with van der Waals surface area (Å²) in [5.41, 5.74) is 0. The molecule has 0 aromatic rings. The fraction of sp³-hybridized carbons (Fsp3) is 0. The molecule has 1 aliphatic heterocycles. The molecule has 0 aliphatic carbocycles. The van der Waals surface area contributed by atoms with E-state index in [0.717, 1.165) is 6.21 Å². The van der Waals surface area contributed by atoms with Gasteiger partial charge in [0.1, 0.15) is 6.21 Å². The number of hydrogen-bond donors (Lipinski definition) is 0. The van der Waals surface area contributed by atoms with Gasteiger partial charge in [-0.1, -0.05) is 5.11 Å². The monoisotopic (exact) mass is 189 g/mol. The Morgan fingerprint density at radius 2 is 1.82 bits per heavy atom. The van der Waals surface area contributed by atoms with E-state index in [1.165, 1.54) is 0 Å². The topological polar surface area (TPSA) is 123 Å². The van der Waals surface area contributed by atoms with Crippen molar-refractivity contribution in [1.82, 2.24) is 0 Å². The summed E-state index contributed by atoms with van der Waals surface area (Å²) >= 11 is 0. The van der Waals surface area contributed by atoms with E-state index in [9.17, 15) is 4.79 Å². The van der Waals surface area contributed by atoms with Crippen LogP contribution in [0, 0.1) is 0 Å². The van der Waals surface area contributed by atoms with Gasteiger partial charge in [0.15, 0.2) is 0 Å². The second kappa shape index (κ2) is 7.88. The maximum atomic E-state index is 9.83. The van der Waals surface area contributed by atoms with Gasteiger partial charge >= 0.3 is 23.3 Å². The zero-order chi connectivity index (χ0) is 7.98. The summed E-state index contributed by atoms with van der Waals surface area (Å²) in [5, 5.41) is 9.16. The molecule has 56 valence electrons. The van der Waals surface area contributed by atoms with E-state index in [-0.39, 0.29) is 23.3 Å². The van der Waals surface area contributed by atoms with Crippen molar-refractivity contribution in [2.45, 2.75) is 0 Å². The van der Waals surface area contributed by atoms with Crippen LogP contribution in [-0.2, 0) is 4.79 Å². The van der Waals surface area contributed by atoms with Crippen LogP contribution >= 0.6 is 8.60 Å². The molecule has 9 heteroatoms. The summed E-state index contributed by atoms with van der Waals surface area (Å²) in [7, 11) is -3.37. The first kappa shape index (κ1) is 13.4. The van der Waals surface area contributed by atoms with E-state index < -0.39 is 8.60 Å². The molecular formula is C2HAlN3O4P. The summed E-state index contributed by atoms with van der Waals surface area (Å²) < 4.78 is 0. The molecule has 1 rings (SSSR count). The largest absolute Gasteiger partial charge is 3.00 e. The van der Waals surface area contributed by atoms with Gasteiger partial charge in [0.05, 0.1) is 0 Å². The smallest absolute Gasteiger partial charge is 0.854 e. The van der Waals surface area contributed by atoms with Gasteiger partial charge in [-0.05, 0) is 5.22 Å². The summed E-state index contributed by atoms with van der Waals surface area (Å²) in [6.45, 7) is 0. The second-order valence-corrected chi connectivity index (χ2v) is 1.44. The second-order valence-electron chi connectivity index (χ2n) is 0.996. The normalized spacial score (nSPS) is 12.5. The van der Waals surface area contributed by atoms with Gasteiger partial charge in [0.25, 0.3) is 0 Å². The van der Waals surface area contributed by atoms with Gasteiger partial charge < -0.3 is 23.3 Å². The van der Waals surface area contributed by atoms with Crippen LogP contribution in [0.5, 0.6) is 0 Å². The molecule has 0 fully saturated rings. The van der Waals surface area contributed by atoms with Gasteiger partial charge in [-0.15, -0.1) is 5.10 Å². The molecule has 0 unspecified atom stereocenters. The van der Waals surface area contributed by atoms with Gasteiger partial charge in [0.2, 0.25) is 0 Å². The van der Waals surface area contributed by atoms with Gasteiger partial charge in [-0.25, -0.2) is 0 Å². The Balaban J connectivity index is 0. The first-order valence-corrected chi connectivity index (χ1v) is 3.02. The predicted octanol–water partition coefficient (Wildman–Crippen LogP) is -3.12. The molecule has 11 heavy (non-hydrogen) atoms. The quantitative estimate of drug-likeness (QED) is 0.295. The number of nitrogens with zero attached hydrogens (tertiary/aromatic N) is 3. The zero-order valence-corrected chi connectivity index (χ0v) is 7.13. The van der Waals surface area contributed by atoms with Crippen molar-refractivity contribution in [3.63, 3.8) is 0 Å². The molecule has 0 bridgehead atoms. The van der Waals surface area contributed by atoms with Crippen molar-refractivity contribution < 1.29 is 19.5 Å². The SMILES string of the molecule is O=C1C=NN=N1.[Al+3].[O-]P([O-])[O-]. The molecule has 7 nitrogen and oxygen atoms in total. The molecule has 0 aromatic carbocycles. The molecule has 0 radical (unpaired) electrons. The molecule has 0 saturated carbocycles. The van der Waals surface area contributed by atoms with E-state index in [0.29, 0.717) is 0 Å². The summed E-state index contributed by atoms with van der Waals surface area (Å²) in [6, 6.07) is 0. The van der Waals surface area contributed by atoms with Crippen LogP contribution in [-0.4, -0.2) is 29.5 Å². The van der Waals surface area contributed by atoms with Crippen LogP contribution in [0.25, 0.3) is 0 Å². The molecule has 1 heterocycles. The standard InChI is InChI=1S/C2HN3O.Al.O3P/c6-2-1-3-5-4-2;;1-4(2)3/h1H;;/q;+3;-3. The van der Waals surface area contributed by atoms with Gasteiger partial charge in [-0.2, -0.15) is 0 Å². The maximum Gasteiger partial charge on any atom is 3.00 e. The third-order valence-corrected chi connectivity index (χ3v) is 0.363. The van der Waals surface area contributed by atoms with Crippen LogP contribution < -0.4 is 14.7 Å². The predicted molar refractivity (Wildman–Crippen MR) is 31.0 cm³/mol. The fourth-order valence-corrected chi connectivity index (χ4v) is 0.171. The Hall–Kier alpha value is -0.218. The minimum atomic E-state index is -3.37. The minimum absolute atomic E-state index is 0. The van der Waals surface area contributed by atoms with E-state index in [4.69, 9.17) is 14.7 Å². The summed E-state index contributed by atoms with van der Waals surface area (Å²) in [5.74, 6) is -0.380. The summed E-state index contributed by atoms with van der Waals surface area (Å²) in [6.07, 6.45) is 1.06. The first-order chi connectivity index (χ1) is 4.63. The molecule has 1 amide bonds. The van der Waals surface area contributed by atoms with Crippen molar-refractivity contribution in [1.29, 1.82) is 0 Å². The molecule has 0 saturated heterocycles. The fourth-order valence-electron chi connectivity index (χ4n) is 0.171. The van der Waals surface area contributed by atoms with Crippen LogP contribution in [0.4, 0.5) is 0 Å². The molecule has 0 spiro atoms. The van der Waals surface area contributed by atoms with Crippen molar-refractivity contribution in [3.8, 4) is 0 Å². The average molecular weight is 189 g/mol. The molecule has 0 atom stereocenters. The Labute approximate surface area is 73.6 Å².